The lowest BCUT2D eigenvalue weighted by Gasteiger charge is -2.49. The third-order valence-electron chi connectivity index (χ3n) is 8.02. The van der Waals surface area contributed by atoms with Gasteiger partial charge in [-0.25, -0.2) is 4.98 Å². The summed E-state index contributed by atoms with van der Waals surface area (Å²) in [5.41, 5.74) is 1.91. The van der Waals surface area contributed by atoms with Gasteiger partial charge in [-0.05, 0) is 67.3 Å². The van der Waals surface area contributed by atoms with E-state index < -0.39 is 0 Å². The fourth-order valence-electron chi connectivity index (χ4n) is 6.19. The van der Waals surface area contributed by atoms with Crippen LogP contribution in [0.3, 0.4) is 0 Å². The minimum absolute atomic E-state index is 0.00906. The highest BCUT2D eigenvalue weighted by Crippen LogP contribution is 2.44. The average molecular weight is 500 g/mol. The Labute approximate surface area is 214 Å². The molecule has 0 bridgehead atoms. The van der Waals surface area contributed by atoms with Gasteiger partial charge in [0.1, 0.15) is 11.6 Å². The molecule has 4 rings (SSSR count). The second-order valence-corrected chi connectivity index (χ2v) is 10.0. The van der Waals surface area contributed by atoms with Crippen LogP contribution in [0.15, 0.2) is 24.3 Å². The first-order valence-corrected chi connectivity index (χ1v) is 13.1. The summed E-state index contributed by atoms with van der Waals surface area (Å²) >= 11 is 0. The molecule has 6 unspecified atom stereocenters. The van der Waals surface area contributed by atoms with Crippen LogP contribution in [0.1, 0.15) is 38.2 Å². The van der Waals surface area contributed by atoms with Crippen molar-refractivity contribution in [1.82, 2.24) is 10.3 Å². The molecule has 1 saturated carbocycles. The highest BCUT2D eigenvalue weighted by Gasteiger charge is 2.49. The van der Waals surface area contributed by atoms with Gasteiger partial charge in [-0.2, -0.15) is 0 Å². The zero-order valence-electron chi connectivity index (χ0n) is 22.2. The van der Waals surface area contributed by atoms with Crippen molar-refractivity contribution in [3.8, 4) is 5.75 Å². The molecule has 2 aliphatic rings. The largest absolute Gasteiger partial charge is 0.497 e. The lowest BCUT2D eigenvalue weighted by atomic mass is 9.63. The van der Waals surface area contributed by atoms with Crippen LogP contribution in [0.25, 0.3) is 10.9 Å². The summed E-state index contributed by atoms with van der Waals surface area (Å²) in [7, 11) is 6.86. The van der Waals surface area contributed by atoms with Gasteiger partial charge in [0.15, 0.2) is 0 Å². The lowest BCUT2D eigenvalue weighted by Crippen LogP contribution is -2.59. The van der Waals surface area contributed by atoms with E-state index in [0.717, 1.165) is 53.7 Å². The maximum Gasteiger partial charge on any atom is 0.223 e. The van der Waals surface area contributed by atoms with Crippen LogP contribution in [-0.4, -0.2) is 70.7 Å². The number of pyridine rings is 1. The first-order chi connectivity index (χ1) is 17.5. The average Bonchev–Trinajstić information content (AvgIpc) is 2.90. The quantitative estimate of drug-likeness (QED) is 0.454. The molecular formula is C28H41N3O5. The van der Waals surface area contributed by atoms with Gasteiger partial charge < -0.3 is 29.6 Å². The van der Waals surface area contributed by atoms with E-state index in [2.05, 4.69) is 23.6 Å². The topological polar surface area (TPSA) is 90.9 Å². The number of hydrogen-bond acceptors (Lipinski definition) is 7. The fourth-order valence-corrected chi connectivity index (χ4v) is 6.19. The maximum atomic E-state index is 13.6. The molecule has 0 radical (unpaired) electrons. The van der Waals surface area contributed by atoms with E-state index in [-0.39, 0.29) is 36.0 Å². The zero-order valence-corrected chi connectivity index (χ0v) is 22.2. The Bertz CT molecular complexity index is 1030. The molecule has 8 nitrogen and oxygen atoms in total. The van der Waals surface area contributed by atoms with Crippen molar-refractivity contribution in [2.75, 3.05) is 46.9 Å². The van der Waals surface area contributed by atoms with Crippen LogP contribution in [0.2, 0.25) is 0 Å². The van der Waals surface area contributed by atoms with Crippen molar-refractivity contribution in [1.29, 1.82) is 0 Å². The number of nitrogens with one attached hydrogen (secondary N) is 2. The van der Waals surface area contributed by atoms with Crippen LogP contribution in [0.5, 0.6) is 5.75 Å². The van der Waals surface area contributed by atoms with Crippen molar-refractivity contribution in [2.24, 2.45) is 17.8 Å². The monoisotopic (exact) mass is 499 g/mol. The van der Waals surface area contributed by atoms with Gasteiger partial charge in [-0.15, -0.1) is 0 Å². The van der Waals surface area contributed by atoms with E-state index in [1.807, 2.05) is 18.2 Å². The molecule has 2 fully saturated rings. The SMILES string of the molecule is CCCC1NC(=O)C(Cc2cc3cc(OC)ccc3nc2NCCOC)C2CC(OC)C(OC)CC12. The molecule has 1 aromatic heterocycles. The van der Waals surface area contributed by atoms with Crippen LogP contribution in [0.4, 0.5) is 5.82 Å². The van der Waals surface area contributed by atoms with Crippen molar-refractivity contribution >= 4 is 22.6 Å². The Hall–Kier alpha value is -2.42. The van der Waals surface area contributed by atoms with Gasteiger partial charge in [0.05, 0.1) is 31.4 Å². The molecule has 1 amide bonds. The summed E-state index contributed by atoms with van der Waals surface area (Å²) < 4.78 is 22.3. The molecule has 6 atom stereocenters. The van der Waals surface area contributed by atoms with Crippen LogP contribution < -0.4 is 15.4 Å². The number of amides is 1. The molecule has 1 aliphatic heterocycles. The van der Waals surface area contributed by atoms with Crippen molar-refractivity contribution < 1.29 is 23.7 Å². The van der Waals surface area contributed by atoms with Gasteiger partial charge in [-0.1, -0.05) is 13.3 Å². The van der Waals surface area contributed by atoms with Gasteiger partial charge >= 0.3 is 0 Å². The van der Waals surface area contributed by atoms with E-state index in [9.17, 15) is 4.79 Å². The molecular weight excluding hydrogens is 458 g/mol. The summed E-state index contributed by atoms with van der Waals surface area (Å²) in [5, 5.41) is 7.80. The van der Waals surface area contributed by atoms with Crippen LogP contribution >= 0.6 is 0 Å². The predicted molar refractivity (Wildman–Crippen MR) is 141 cm³/mol. The Kier molecular flexibility index (Phi) is 9.04. The second-order valence-electron chi connectivity index (χ2n) is 10.0. The number of benzene rings is 1. The molecule has 8 heteroatoms. The minimum atomic E-state index is -0.161. The molecule has 2 aromatic rings. The molecule has 2 heterocycles. The predicted octanol–water partition coefficient (Wildman–Crippen LogP) is 3.82. The smallest absolute Gasteiger partial charge is 0.223 e. The number of methoxy groups -OCH3 is 4. The van der Waals surface area contributed by atoms with Gasteiger partial charge in [-0.3, -0.25) is 4.79 Å². The number of carbonyl (C=O) groups excluding carboxylic acids is 1. The minimum Gasteiger partial charge on any atom is -0.497 e. The number of aromatic nitrogens is 1. The molecule has 0 spiro atoms. The Balaban J connectivity index is 1.69. The number of carbonyl (C=O) groups is 1. The number of ether oxygens (including phenoxy) is 4. The zero-order chi connectivity index (χ0) is 25.7. The Morgan fingerprint density at radius 3 is 2.47 bits per heavy atom. The van der Waals surface area contributed by atoms with Crippen molar-refractivity contribution in [2.45, 2.75) is 57.3 Å². The number of nitrogens with zero attached hydrogens (tertiary/aromatic N) is 1. The summed E-state index contributed by atoms with van der Waals surface area (Å²) in [5.74, 6) is 2.15. The molecule has 1 aliphatic carbocycles. The normalized spacial score (nSPS) is 28.0. The van der Waals surface area contributed by atoms with Gasteiger partial charge in [0.2, 0.25) is 5.91 Å². The Morgan fingerprint density at radius 1 is 1.06 bits per heavy atom. The standard InChI is InChI=1S/C28H41N3O5/c1-6-7-24-21-16-26(36-5)25(35-4)15-20(21)22(28(32)31-24)14-18-12-17-13-19(34-3)8-9-23(17)30-27(18)29-10-11-33-2/h8-9,12-13,20-22,24-26H,6-7,10-11,14-16H2,1-5H3,(H,29,30)(H,31,32). The van der Waals surface area contributed by atoms with Crippen molar-refractivity contribution in [3.63, 3.8) is 0 Å². The highest BCUT2D eigenvalue weighted by molar-refractivity contribution is 5.84. The van der Waals surface area contributed by atoms with E-state index >= 15 is 0 Å². The maximum absolute atomic E-state index is 13.6. The third-order valence-corrected chi connectivity index (χ3v) is 8.02. The summed E-state index contributed by atoms with van der Waals surface area (Å²) in [6, 6.07) is 8.21. The number of fused-ring (bicyclic) bond motifs is 2. The van der Waals surface area contributed by atoms with E-state index in [1.54, 1.807) is 28.4 Å². The lowest BCUT2D eigenvalue weighted by molar-refractivity contribution is -0.144. The van der Waals surface area contributed by atoms with E-state index in [1.165, 1.54) is 0 Å². The van der Waals surface area contributed by atoms with Crippen molar-refractivity contribution in [3.05, 3.63) is 29.8 Å². The molecule has 1 aromatic carbocycles. The third kappa shape index (κ3) is 5.61. The van der Waals surface area contributed by atoms with E-state index in [0.29, 0.717) is 25.5 Å². The summed E-state index contributed by atoms with van der Waals surface area (Å²) in [4.78, 5) is 18.5. The number of hydrogen-bond donors (Lipinski definition) is 2. The van der Waals surface area contributed by atoms with E-state index in [4.69, 9.17) is 23.9 Å². The number of anilines is 1. The fraction of sp³-hybridized carbons (Fsp3) is 0.643. The van der Waals surface area contributed by atoms with Gasteiger partial charge in [0, 0.05) is 45.2 Å². The highest BCUT2D eigenvalue weighted by atomic mass is 16.5. The van der Waals surface area contributed by atoms with Gasteiger partial charge in [0.25, 0.3) is 0 Å². The first kappa shape index (κ1) is 26.6. The van der Waals surface area contributed by atoms with Crippen LogP contribution in [0, 0.1) is 17.8 Å². The summed E-state index contributed by atoms with van der Waals surface area (Å²) in [6.07, 6.45) is 4.38. The van der Waals surface area contributed by atoms with Crippen LogP contribution in [-0.2, 0) is 25.4 Å². The molecule has 198 valence electrons. The summed E-state index contributed by atoms with van der Waals surface area (Å²) in [6.45, 7) is 3.39. The second kappa shape index (κ2) is 12.2. The molecule has 36 heavy (non-hydrogen) atoms. The molecule has 2 N–H and O–H groups in total. The first-order valence-electron chi connectivity index (χ1n) is 13.1. The Morgan fingerprint density at radius 2 is 1.81 bits per heavy atom. The number of piperidine rings is 1. The number of rotatable bonds is 11. The molecule has 1 saturated heterocycles.